The lowest BCUT2D eigenvalue weighted by Crippen LogP contribution is -2.37. The highest BCUT2D eigenvalue weighted by Gasteiger charge is 2.46. The molecule has 0 unspecified atom stereocenters. The molecule has 2 amide bonds. The van der Waals surface area contributed by atoms with Gasteiger partial charge >= 0.3 is 12.1 Å². The van der Waals surface area contributed by atoms with Gasteiger partial charge in [0, 0.05) is 26.6 Å². The first-order valence-corrected chi connectivity index (χ1v) is 8.54. The Labute approximate surface area is 153 Å². The number of hydrogen-bond acceptors (Lipinski definition) is 3. The lowest BCUT2D eigenvalue weighted by molar-refractivity contribution is -0.142. The van der Waals surface area contributed by atoms with E-state index in [4.69, 9.17) is 5.11 Å². The highest BCUT2D eigenvalue weighted by Crippen LogP contribution is 2.40. The van der Waals surface area contributed by atoms with Gasteiger partial charge in [-0.3, -0.25) is 14.4 Å². The molecule has 1 aromatic rings. The summed E-state index contributed by atoms with van der Waals surface area (Å²) in [7, 11) is 1.52. The fourth-order valence-electron chi connectivity index (χ4n) is 3.81. The summed E-state index contributed by atoms with van der Waals surface area (Å²) in [5.74, 6) is -2.95. The van der Waals surface area contributed by atoms with Crippen molar-refractivity contribution in [3.8, 4) is 0 Å². The number of benzene rings is 1. The van der Waals surface area contributed by atoms with E-state index in [-0.39, 0.29) is 24.8 Å². The molecule has 2 fully saturated rings. The Morgan fingerprint density at radius 3 is 2.33 bits per heavy atom. The maximum atomic E-state index is 12.9. The lowest BCUT2D eigenvalue weighted by Gasteiger charge is -2.28. The van der Waals surface area contributed by atoms with E-state index in [0.29, 0.717) is 18.5 Å². The number of nitrogens with zero attached hydrogens (tertiary/aromatic N) is 2. The number of halogens is 3. The van der Waals surface area contributed by atoms with Crippen LogP contribution in [0.4, 0.5) is 13.2 Å². The normalized spacial score (nSPS) is 25.9. The first kappa shape index (κ1) is 19.2. The smallest absolute Gasteiger partial charge is 0.416 e. The second-order valence-electron chi connectivity index (χ2n) is 6.99. The lowest BCUT2D eigenvalue weighted by atomic mass is 9.92. The minimum absolute atomic E-state index is 0.0464. The van der Waals surface area contributed by atoms with Gasteiger partial charge in [0.1, 0.15) is 0 Å². The molecule has 2 heterocycles. The van der Waals surface area contributed by atoms with E-state index >= 15 is 0 Å². The Balaban J connectivity index is 1.83. The third-order valence-electron chi connectivity index (χ3n) is 5.33. The monoisotopic (exact) mass is 384 g/mol. The van der Waals surface area contributed by atoms with Crippen molar-refractivity contribution in [2.45, 2.75) is 25.1 Å². The van der Waals surface area contributed by atoms with Gasteiger partial charge in [0.25, 0.3) is 0 Å². The van der Waals surface area contributed by atoms with Gasteiger partial charge in [-0.05, 0) is 24.1 Å². The van der Waals surface area contributed by atoms with Crippen molar-refractivity contribution in [1.82, 2.24) is 9.80 Å². The van der Waals surface area contributed by atoms with Crippen LogP contribution >= 0.6 is 0 Å². The largest absolute Gasteiger partial charge is 0.481 e. The molecule has 1 N–H and O–H groups in total. The van der Waals surface area contributed by atoms with Crippen molar-refractivity contribution in [1.29, 1.82) is 0 Å². The molecule has 0 aliphatic carbocycles. The minimum Gasteiger partial charge on any atom is -0.481 e. The predicted molar refractivity (Wildman–Crippen MR) is 87.4 cm³/mol. The van der Waals surface area contributed by atoms with E-state index in [1.165, 1.54) is 29.0 Å². The van der Waals surface area contributed by atoms with Crippen molar-refractivity contribution in [3.63, 3.8) is 0 Å². The average molecular weight is 384 g/mol. The van der Waals surface area contributed by atoms with Crippen molar-refractivity contribution in [2.75, 3.05) is 20.1 Å². The Bertz CT molecular complexity index is 763. The number of carbonyl (C=O) groups excluding carboxylic acids is 2. The summed E-state index contributed by atoms with van der Waals surface area (Å²) in [6.45, 7) is 0.381. The minimum atomic E-state index is -4.47. The molecule has 1 aromatic carbocycles. The van der Waals surface area contributed by atoms with Crippen LogP contribution in [0.25, 0.3) is 0 Å². The third-order valence-corrected chi connectivity index (χ3v) is 5.33. The second kappa shape index (κ2) is 6.86. The molecule has 0 bridgehead atoms. The van der Waals surface area contributed by atoms with Gasteiger partial charge < -0.3 is 14.9 Å². The molecule has 2 aliphatic heterocycles. The van der Waals surface area contributed by atoms with Crippen LogP contribution < -0.4 is 0 Å². The van der Waals surface area contributed by atoms with Crippen molar-refractivity contribution in [2.24, 2.45) is 11.8 Å². The zero-order chi connectivity index (χ0) is 19.9. The fraction of sp³-hybridized carbons (Fsp3) is 0.500. The second-order valence-corrected chi connectivity index (χ2v) is 6.99. The molecule has 0 aromatic heterocycles. The van der Waals surface area contributed by atoms with E-state index in [9.17, 15) is 27.6 Å². The van der Waals surface area contributed by atoms with Gasteiger partial charge in [0.05, 0.1) is 23.4 Å². The standard InChI is InChI=1S/C18H19F3N2O4/c1-22-14(24)8-13(16(25)23-7-6-11(9-23)17(26)27)15(22)10-2-4-12(5-3-10)18(19,20)21/h2-5,11,13,15H,6-9H2,1H3,(H,26,27)/t11-,13+,15+/m1/s1. The Kier molecular flexibility index (Phi) is 4.88. The van der Waals surface area contributed by atoms with Gasteiger partial charge in [0.15, 0.2) is 0 Å². The molecule has 9 heteroatoms. The first-order chi connectivity index (χ1) is 12.6. The van der Waals surface area contributed by atoms with Crippen LogP contribution in [0.1, 0.15) is 30.0 Å². The zero-order valence-corrected chi connectivity index (χ0v) is 14.6. The van der Waals surface area contributed by atoms with E-state index in [2.05, 4.69) is 0 Å². The predicted octanol–water partition coefficient (Wildman–Crippen LogP) is 2.16. The summed E-state index contributed by atoms with van der Waals surface area (Å²) in [5.41, 5.74) is -0.353. The number of amides is 2. The van der Waals surface area contributed by atoms with Crippen LogP contribution in [0, 0.1) is 11.8 Å². The summed E-state index contributed by atoms with van der Waals surface area (Å²) in [6, 6.07) is 3.77. The molecule has 6 nitrogen and oxygen atoms in total. The van der Waals surface area contributed by atoms with Crippen LogP contribution in [0.2, 0.25) is 0 Å². The quantitative estimate of drug-likeness (QED) is 0.866. The van der Waals surface area contributed by atoms with Crippen LogP contribution in [0.5, 0.6) is 0 Å². The molecule has 3 atom stereocenters. The number of alkyl halides is 3. The number of carbonyl (C=O) groups is 3. The summed E-state index contributed by atoms with van der Waals surface area (Å²) >= 11 is 0. The fourth-order valence-corrected chi connectivity index (χ4v) is 3.81. The maximum absolute atomic E-state index is 12.9. The Hall–Kier alpha value is -2.58. The number of likely N-dealkylation sites (tertiary alicyclic amines) is 2. The van der Waals surface area contributed by atoms with Gasteiger partial charge in [0.2, 0.25) is 11.8 Å². The Morgan fingerprint density at radius 2 is 1.81 bits per heavy atom. The molecular weight excluding hydrogens is 365 g/mol. The van der Waals surface area contributed by atoms with Crippen molar-refractivity contribution >= 4 is 17.8 Å². The molecule has 0 saturated carbocycles. The molecule has 2 saturated heterocycles. The third kappa shape index (κ3) is 3.63. The molecule has 0 radical (unpaired) electrons. The van der Waals surface area contributed by atoms with Gasteiger partial charge in [-0.25, -0.2) is 0 Å². The molecule has 27 heavy (non-hydrogen) atoms. The summed E-state index contributed by atoms with van der Waals surface area (Å²) in [5, 5.41) is 9.09. The van der Waals surface area contributed by atoms with Gasteiger partial charge in [-0.15, -0.1) is 0 Å². The highest BCUT2D eigenvalue weighted by molar-refractivity contribution is 5.90. The number of rotatable bonds is 3. The SMILES string of the molecule is CN1C(=O)C[C@H](C(=O)N2CC[C@@H](C(=O)O)C2)[C@@H]1c1ccc(C(F)(F)F)cc1. The summed E-state index contributed by atoms with van der Waals surface area (Å²) in [6.07, 6.45) is -4.16. The Morgan fingerprint density at radius 1 is 1.19 bits per heavy atom. The average Bonchev–Trinajstić information content (AvgIpc) is 3.20. The molecule has 146 valence electrons. The van der Waals surface area contributed by atoms with Crippen LogP contribution in [-0.2, 0) is 20.6 Å². The highest BCUT2D eigenvalue weighted by atomic mass is 19.4. The van der Waals surface area contributed by atoms with Gasteiger partial charge in [-0.2, -0.15) is 13.2 Å². The topological polar surface area (TPSA) is 77.9 Å². The number of aliphatic carboxylic acids is 1. The number of carboxylic acid groups (broad SMARTS) is 1. The zero-order valence-electron chi connectivity index (χ0n) is 14.6. The van der Waals surface area contributed by atoms with Crippen molar-refractivity contribution in [3.05, 3.63) is 35.4 Å². The van der Waals surface area contributed by atoms with Crippen LogP contribution in [-0.4, -0.2) is 52.8 Å². The maximum Gasteiger partial charge on any atom is 0.416 e. The van der Waals surface area contributed by atoms with Crippen LogP contribution in [0.3, 0.4) is 0 Å². The molecule has 3 rings (SSSR count). The van der Waals surface area contributed by atoms with E-state index < -0.39 is 35.6 Å². The molecule has 0 spiro atoms. The van der Waals surface area contributed by atoms with Gasteiger partial charge in [-0.1, -0.05) is 12.1 Å². The number of hydrogen-bond donors (Lipinski definition) is 1. The molecule has 2 aliphatic rings. The molecular formula is C18H19F3N2O4. The van der Waals surface area contributed by atoms with E-state index in [1.807, 2.05) is 0 Å². The van der Waals surface area contributed by atoms with Crippen molar-refractivity contribution < 1.29 is 32.7 Å². The summed E-state index contributed by atoms with van der Waals surface area (Å²) < 4.78 is 38.3. The van der Waals surface area contributed by atoms with E-state index in [1.54, 1.807) is 0 Å². The first-order valence-electron chi connectivity index (χ1n) is 8.54. The summed E-state index contributed by atoms with van der Waals surface area (Å²) in [4.78, 5) is 39.0. The van der Waals surface area contributed by atoms with E-state index in [0.717, 1.165) is 12.1 Å². The van der Waals surface area contributed by atoms with Crippen LogP contribution in [0.15, 0.2) is 24.3 Å². The number of carboxylic acids is 1.